The number of hydrogen-bond acceptors (Lipinski definition) is 6. The fraction of sp³-hybridized carbons (Fsp3) is 0.476. The predicted molar refractivity (Wildman–Crippen MR) is 110 cm³/mol. The van der Waals surface area contributed by atoms with Gasteiger partial charge in [-0.05, 0) is 33.3 Å². The molecule has 0 bridgehead atoms. The molecule has 0 aromatic carbocycles. The second-order valence-electron chi connectivity index (χ2n) is 8.04. The molecule has 2 heterocycles. The third kappa shape index (κ3) is 5.30. The summed E-state index contributed by atoms with van der Waals surface area (Å²) in [4.78, 5) is 12.7. The van der Waals surface area contributed by atoms with Crippen molar-refractivity contribution < 1.29 is 36.7 Å². The van der Waals surface area contributed by atoms with Gasteiger partial charge >= 0.3 is 12.1 Å². The van der Waals surface area contributed by atoms with Crippen LogP contribution in [0.1, 0.15) is 54.9 Å². The lowest BCUT2D eigenvalue weighted by Gasteiger charge is -2.19. The number of allylic oxidation sites excluding steroid dienone is 4. The first-order chi connectivity index (χ1) is 15.3. The van der Waals surface area contributed by atoms with Gasteiger partial charge in [-0.15, -0.1) is 11.6 Å². The van der Waals surface area contributed by atoms with Gasteiger partial charge in [-0.1, -0.05) is 17.3 Å². The molecule has 2 aromatic rings. The Morgan fingerprint density at radius 3 is 2.64 bits per heavy atom. The van der Waals surface area contributed by atoms with Crippen molar-refractivity contribution in [3.8, 4) is 11.3 Å². The van der Waals surface area contributed by atoms with Crippen LogP contribution in [0.25, 0.3) is 11.3 Å². The van der Waals surface area contributed by atoms with E-state index < -0.39 is 57.4 Å². The summed E-state index contributed by atoms with van der Waals surface area (Å²) in [7, 11) is 0. The molecule has 0 fully saturated rings. The quantitative estimate of drug-likeness (QED) is 0.333. The maximum Gasteiger partial charge on any atom is 0.433 e. The van der Waals surface area contributed by atoms with Crippen LogP contribution < -0.4 is 0 Å². The predicted octanol–water partition coefficient (Wildman–Crippen LogP) is 5.01. The number of aryl methyl sites for hydroxylation is 1. The zero-order valence-electron chi connectivity index (χ0n) is 18.0. The fourth-order valence-electron chi connectivity index (χ4n) is 3.40. The lowest BCUT2D eigenvalue weighted by Crippen LogP contribution is -2.24. The van der Waals surface area contributed by atoms with Gasteiger partial charge in [0.2, 0.25) is 0 Å². The van der Waals surface area contributed by atoms with E-state index in [0.29, 0.717) is 4.68 Å². The Morgan fingerprint density at radius 2 is 2.06 bits per heavy atom. The third-order valence-corrected chi connectivity index (χ3v) is 5.34. The first-order valence-electron chi connectivity index (χ1n) is 10.1. The summed E-state index contributed by atoms with van der Waals surface area (Å²) in [5.74, 6) is -3.59. The molecule has 2 unspecified atom stereocenters. The minimum atomic E-state index is -4.89. The SMILES string of the molecule is CCOC(=O)c1c(C2C(F)=CC=CC2Cl)noc1-c1cnn(CCC(C)(C)O)c1C(F)(F)F. The highest BCUT2D eigenvalue weighted by Gasteiger charge is 2.43. The average Bonchev–Trinajstić information content (AvgIpc) is 3.30. The lowest BCUT2D eigenvalue weighted by atomic mass is 9.91. The monoisotopic (exact) mass is 491 g/mol. The van der Waals surface area contributed by atoms with Crippen molar-refractivity contribution in [2.45, 2.75) is 56.8 Å². The number of aromatic nitrogens is 3. The van der Waals surface area contributed by atoms with E-state index in [1.807, 2.05) is 0 Å². The van der Waals surface area contributed by atoms with Crippen LogP contribution in [0.3, 0.4) is 0 Å². The molecule has 0 saturated carbocycles. The van der Waals surface area contributed by atoms with Crippen LogP contribution >= 0.6 is 11.6 Å². The van der Waals surface area contributed by atoms with Gasteiger partial charge < -0.3 is 14.4 Å². The summed E-state index contributed by atoms with van der Waals surface area (Å²) in [5.41, 5.74) is -3.75. The Morgan fingerprint density at radius 1 is 1.36 bits per heavy atom. The van der Waals surface area contributed by atoms with Crippen molar-refractivity contribution in [1.82, 2.24) is 14.9 Å². The average molecular weight is 492 g/mol. The molecule has 33 heavy (non-hydrogen) atoms. The van der Waals surface area contributed by atoms with Gasteiger partial charge in [-0.25, -0.2) is 9.18 Å². The standard InChI is InChI=1S/C21H22ClF4N3O4/c1-4-32-19(30)15-16(14-12(22)6-5-7-13(14)23)28-33-17(15)11-10-27-29(9-8-20(2,3)31)18(11)21(24,25)26/h5-7,10,12,14,31H,4,8-9H2,1-3H3. The van der Waals surface area contributed by atoms with E-state index in [2.05, 4.69) is 10.3 Å². The minimum Gasteiger partial charge on any atom is -0.462 e. The van der Waals surface area contributed by atoms with Crippen molar-refractivity contribution >= 4 is 17.6 Å². The first-order valence-corrected chi connectivity index (χ1v) is 10.5. The summed E-state index contributed by atoms with van der Waals surface area (Å²) in [6, 6.07) is 0. The molecule has 2 aromatic heterocycles. The van der Waals surface area contributed by atoms with Gasteiger partial charge in [0.15, 0.2) is 11.5 Å². The van der Waals surface area contributed by atoms with E-state index >= 15 is 0 Å². The van der Waals surface area contributed by atoms with E-state index in [-0.39, 0.29) is 25.3 Å². The smallest absolute Gasteiger partial charge is 0.433 e. The second kappa shape index (κ2) is 9.30. The first kappa shape index (κ1) is 25.0. The zero-order chi connectivity index (χ0) is 24.6. The number of halogens is 5. The molecular weight excluding hydrogens is 470 g/mol. The normalized spacial score (nSPS) is 19.0. The summed E-state index contributed by atoms with van der Waals surface area (Å²) in [6.45, 7) is 4.06. The van der Waals surface area contributed by atoms with Gasteiger partial charge in [-0.2, -0.15) is 18.3 Å². The molecule has 1 N–H and O–H groups in total. The number of aliphatic hydroxyl groups is 1. The number of carbonyl (C=O) groups excluding carboxylic acids is 1. The van der Waals surface area contributed by atoms with Crippen LogP contribution in [-0.4, -0.2) is 43.6 Å². The molecular formula is C21H22ClF4N3O4. The van der Waals surface area contributed by atoms with Crippen molar-refractivity contribution in [3.63, 3.8) is 0 Å². The van der Waals surface area contributed by atoms with E-state index in [1.165, 1.54) is 32.9 Å². The van der Waals surface area contributed by atoms with Gasteiger partial charge in [0, 0.05) is 6.54 Å². The number of hydrogen-bond donors (Lipinski definition) is 1. The second-order valence-corrected chi connectivity index (χ2v) is 8.55. The van der Waals surface area contributed by atoms with E-state index in [4.69, 9.17) is 20.9 Å². The van der Waals surface area contributed by atoms with Crippen molar-refractivity contribution in [3.05, 3.63) is 47.2 Å². The van der Waals surface area contributed by atoms with Crippen LogP contribution in [0.15, 0.2) is 34.8 Å². The van der Waals surface area contributed by atoms with Crippen LogP contribution in [0.2, 0.25) is 0 Å². The molecule has 1 aliphatic rings. The van der Waals surface area contributed by atoms with Gasteiger partial charge in [0.05, 0.1) is 35.3 Å². The topological polar surface area (TPSA) is 90.4 Å². The van der Waals surface area contributed by atoms with E-state index in [1.54, 1.807) is 0 Å². The highest BCUT2D eigenvalue weighted by molar-refractivity contribution is 6.22. The highest BCUT2D eigenvalue weighted by Crippen LogP contribution is 2.43. The summed E-state index contributed by atoms with van der Waals surface area (Å²) in [6.07, 6.45) is -0.0919. The van der Waals surface area contributed by atoms with Crippen molar-refractivity contribution in [1.29, 1.82) is 0 Å². The Kier molecular flexibility index (Phi) is 7.04. The maximum absolute atomic E-state index is 14.6. The Labute approximate surface area is 191 Å². The molecule has 2 atom stereocenters. The molecule has 7 nitrogen and oxygen atoms in total. The molecule has 3 rings (SSSR count). The maximum atomic E-state index is 14.6. The number of alkyl halides is 4. The van der Waals surface area contributed by atoms with Crippen molar-refractivity contribution in [2.75, 3.05) is 6.61 Å². The van der Waals surface area contributed by atoms with Crippen LogP contribution in [0.4, 0.5) is 17.6 Å². The number of ether oxygens (including phenoxy) is 1. The van der Waals surface area contributed by atoms with Crippen LogP contribution in [0.5, 0.6) is 0 Å². The third-order valence-electron chi connectivity index (χ3n) is 4.95. The number of carbonyl (C=O) groups is 1. The number of esters is 1. The molecule has 0 spiro atoms. The van der Waals surface area contributed by atoms with E-state index in [0.717, 1.165) is 12.3 Å². The van der Waals surface area contributed by atoms with Gasteiger partial charge in [-0.3, -0.25) is 4.68 Å². The Bertz CT molecular complexity index is 1080. The Hall–Kier alpha value is -2.66. The Balaban J connectivity index is 2.18. The number of nitrogens with zero attached hydrogens (tertiary/aromatic N) is 3. The summed E-state index contributed by atoms with van der Waals surface area (Å²) >= 11 is 6.19. The van der Waals surface area contributed by atoms with Crippen LogP contribution in [0, 0.1) is 0 Å². The molecule has 12 heteroatoms. The van der Waals surface area contributed by atoms with Crippen LogP contribution in [-0.2, 0) is 17.5 Å². The molecule has 0 radical (unpaired) electrons. The molecule has 1 aliphatic carbocycles. The zero-order valence-corrected chi connectivity index (χ0v) is 18.7. The largest absolute Gasteiger partial charge is 0.462 e. The van der Waals surface area contributed by atoms with Crippen molar-refractivity contribution in [2.24, 2.45) is 0 Å². The molecule has 0 amide bonds. The fourth-order valence-corrected chi connectivity index (χ4v) is 3.72. The highest BCUT2D eigenvalue weighted by atomic mass is 35.5. The van der Waals surface area contributed by atoms with Gasteiger partial charge in [0.1, 0.15) is 17.1 Å². The lowest BCUT2D eigenvalue weighted by molar-refractivity contribution is -0.144. The summed E-state index contributed by atoms with van der Waals surface area (Å²) < 4.78 is 67.4. The summed E-state index contributed by atoms with van der Waals surface area (Å²) in [5, 5.41) is 16.4. The molecule has 0 saturated heterocycles. The van der Waals surface area contributed by atoms with Gasteiger partial charge in [0.25, 0.3) is 0 Å². The molecule has 0 aliphatic heterocycles. The van der Waals surface area contributed by atoms with E-state index in [9.17, 15) is 27.5 Å². The molecule has 180 valence electrons. The number of rotatable bonds is 7. The minimum absolute atomic E-state index is 0.0259.